The Morgan fingerprint density at radius 3 is 2.33 bits per heavy atom. The van der Waals surface area contributed by atoms with Crippen LogP contribution in [-0.4, -0.2) is 14.0 Å². The molecule has 0 saturated heterocycles. The van der Waals surface area contributed by atoms with Gasteiger partial charge in [-0.2, -0.15) is 9.98 Å². The highest BCUT2D eigenvalue weighted by Crippen LogP contribution is 2.33. The lowest BCUT2D eigenvalue weighted by Gasteiger charge is -2.29. The summed E-state index contributed by atoms with van der Waals surface area (Å²) in [6, 6.07) is 3.77. The Kier molecular flexibility index (Phi) is 5.31. The van der Waals surface area contributed by atoms with Gasteiger partial charge in [0.2, 0.25) is 0 Å². The molecule has 1 aromatic rings. The number of hydrogen-bond acceptors (Lipinski definition) is 4. The molecule has 1 saturated carbocycles. The van der Waals surface area contributed by atoms with Gasteiger partial charge in [-0.05, 0) is 31.4 Å². The van der Waals surface area contributed by atoms with E-state index >= 15 is 0 Å². The molecule has 0 atom stereocenters. The molecule has 1 aliphatic carbocycles. The maximum Gasteiger partial charge on any atom is 0.251 e. The lowest BCUT2D eigenvalue weighted by atomic mass is 9.86. The molecule has 116 valence electrons. The lowest BCUT2D eigenvalue weighted by molar-refractivity contribution is 0.357. The van der Waals surface area contributed by atoms with Crippen molar-refractivity contribution < 1.29 is 8.42 Å². The van der Waals surface area contributed by atoms with Crippen molar-refractivity contribution in [2.45, 2.75) is 61.6 Å². The topological polar surface area (TPSA) is 70.0 Å². The van der Waals surface area contributed by atoms with E-state index in [-0.39, 0.29) is 4.21 Å². The third-order valence-corrected chi connectivity index (χ3v) is 7.42. The molecule has 21 heavy (non-hydrogen) atoms. The summed E-state index contributed by atoms with van der Waals surface area (Å²) in [4.78, 5) is 0. The number of halogens is 1. The van der Waals surface area contributed by atoms with E-state index in [1.54, 1.807) is 13.0 Å². The van der Waals surface area contributed by atoms with Crippen LogP contribution in [0.4, 0.5) is 0 Å². The van der Waals surface area contributed by atoms with Crippen LogP contribution in [0.1, 0.15) is 50.5 Å². The molecule has 1 fully saturated rings. The molecule has 0 aromatic carbocycles. The first-order chi connectivity index (χ1) is 9.88. The summed E-state index contributed by atoms with van der Waals surface area (Å²) in [5.74, 6) is 0. The Balaban J connectivity index is 2.25. The van der Waals surface area contributed by atoms with Crippen molar-refractivity contribution in [1.82, 2.24) is 4.72 Å². The van der Waals surface area contributed by atoms with Gasteiger partial charge < -0.3 is 0 Å². The third kappa shape index (κ3) is 3.98. The summed E-state index contributed by atoms with van der Waals surface area (Å²) in [6.45, 7) is 1.77. The van der Waals surface area contributed by atoms with E-state index in [1.165, 1.54) is 0 Å². The third-order valence-electron chi connectivity index (χ3n) is 3.85. The lowest BCUT2D eigenvalue weighted by Crippen LogP contribution is -2.47. The number of nitrogens with zero attached hydrogens (tertiary/aromatic N) is 1. The molecule has 0 bridgehead atoms. The number of rotatable bonds is 3. The molecule has 4 nitrogen and oxygen atoms in total. The molecule has 1 aliphatic rings. The first-order valence-electron chi connectivity index (χ1n) is 7.10. The maximum atomic E-state index is 12.5. The van der Waals surface area contributed by atoms with Crippen LogP contribution in [0.3, 0.4) is 0 Å². The van der Waals surface area contributed by atoms with Gasteiger partial charge in [0.1, 0.15) is 9.75 Å². The highest BCUT2D eigenvalue weighted by molar-refractivity contribution is 7.91. The molecule has 0 aliphatic heterocycles. The molecular formula is C14H19ClN2O2S2. The number of sulfonamides is 1. The molecular weight excluding hydrogens is 328 g/mol. The first-order valence-corrected chi connectivity index (χ1v) is 9.77. The van der Waals surface area contributed by atoms with Crippen molar-refractivity contribution in [1.29, 1.82) is 5.26 Å². The fourth-order valence-electron chi connectivity index (χ4n) is 2.62. The summed E-state index contributed by atoms with van der Waals surface area (Å²) in [7, 11) is -3.70. The van der Waals surface area contributed by atoms with E-state index in [9.17, 15) is 13.7 Å². The minimum atomic E-state index is -3.70. The Hall–Kier alpha value is -0.610. The smallest absolute Gasteiger partial charge is 0.206 e. The van der Waals surface area contributed by atoms with Crippen molar-refractivity contribution >= 4 is 33.0 Å². The van der Waals surface area contributed by atoms with Crippen molar-refractivity contribution in [2.24, 2.45) is 0 Å². The molecule has 1 N–H and O–H groups in total. The van der Waals surface area contributed by atoms with Gasteiger partial charge >= 0.3 is 0 Å². The van der Waals surface area contributed by atoms with Crippen LogP contribution >= 0.6 is 22.9 Å². The predicted molar refractivity (Wildman–Crippen MR) is 85.1 cm³/mol. The van der Waals surface area contributed by atoms with Crippen LogP contribution in [0, 0.1) is 18.3 Å². The number of nitriles is 1. The van der Waals surface area contributed by atoms with Gasteiger partial charge in [0.05, 0.1) is 10.4 Å². The second kappa shape index (κ2) is 6.66. The second-order valence-corrected chi connectivity index (χ2v) is 9.15. The predicted octanol–water partition coefficient (Wildman–Crippen LogP) is 3.99. The van der Waals surface area contributed by atoms with Gasteiger partial charge in [0.15, 0.2) is 0 Å². The summed E-state index contributed by atoms with van der Waals surface area (Å²) < 4.78 is 28.3. The van der Waals surface area contributed by atoms with E-state index in [0.29, 0.717) is 17.2 Å². The van der Waals surface area contributed by atoms with Crippen LogP contribution < -0.4 is 4.72 Å². The van der Waals surface area contributed by atoms with Crippen molar-refractivity contribution in [3.63, 3.8) is 0 Å². The van der Waals surface area contributed by atoms with Gasteiger partial charge in [-0.1, -0.05) is 43.7 Å². The first kappa shape index (κ1) is 16.8. The minimum Gasteiger partial charge on any atom is -0.206 e. The van der Waals surface area contributed by atoms with Crippen LogP contribution in [-0.2, 0) is 10.0 Å². The molecule has 0 amide bonds. The van der Waals surface area contributed by atoms with E-state index in [4.69, 9.17) is 11.6 Å². The van der Waals surface area contributed by atoms with Gasteiger partial charge in [0, 0.05) is 0 Å². The Morgan fingerprint density at radius 2 is 1.86 bits per heavy atom. The van der Waals surface area contributed by atoms with Gasteiger partial charge in [-0.3, -0.25) is 0 Å². The quantitative estimate of drug-likeness (QED) is 0.899. The standard InChI is InChI=1S/C14H19ClN2O2S2/c1-11-9-12(20-13(11)15)21(18,19)17-14(10-16)7-5-3-2-4-6-8-14/h9,17H,2-8H2,1H3. The zero-order valence-corrected chi connectivity index (χ0v) is 14.4. The monoisotopic (exact) mass is 346 g/mol. The highest BCUT2D eigenvalue weighted by Gasteiger charge is 2.36. The normalized spacial score (nSPS) is 19.5. The van der Waals surface area contributed by atoms with Crippen LogP contribution in [0.25, 0.3) is 0 Å². The summed E-state index contributed by atoms with van der Waals surface area (Å²) >= 11 is 6.99. The molecule has 0 radical (unpaired) electrons. The Labute approximate surface area is 135 Å². The zero-order chi connectivity index (χ0) is 15.5. The average molecular weight is 347 g/mol. The van der Waals surface area contributed by atoms with Gasteiger partial charge in [-0.15, -0.1) is 11.3 Å². The molecule has 7 heteroatoms. The number of aryl methyl sites for hydroxylation is 1. The number of thiophene rings is 1. The molecule has 1 aromatic heterocycles. The fraction of sp³-hybridized carbons (Fsp3) is 0.643. The van der Waals surface area contributed by atoms with Crippen LogP contribution in [0.5, 0.6) is 0 Å². The van der Waals surface area contributed by atoms with E-state index in [2.05, 4.69) is 10.8 Å². The average Bonchev–Trinajstić information content (AvgIpc) is 2.74. The van der Waals surface area contributed by atoms with Crippen LogP contribution in [0.2, 0.25) is 4.34 Å². The maximum absolute atomic E-state index is 12.5. The summed E-state index contributed by atoms with van der Waals surface area (Å²) in [6.07, 6.45) is 6.15. The fourth-order valence-corrected chi connectivity index (χ4v) is 5.70. The minimum absolute atomic E-state index is 0.182. The molecule has 2 rings (SSSR count). The SMILES string of the molecule is Cc1cc(S(=O)(=O)NC2(C#N)CCCCCCC2)sc1Cl. The van der Waals surface area contributed by atoms with Crippen LogP contribution in [0.15, 0.2) is 10.3 Å². The van der Waals surface area contributed by atoms with Crippen molar-refractivity contribution in [3.8, 4) is 6.07 Å². The molecule has 0 spiro atoms. The summed E-state index contributed by atoms with van der Waals surface area (Å²) in [5.41, 5.74) is -0.241. The van der Waals surface area contributed by atoms with E-state index in [0.717, 1.165) is 49.0 Å². The van der Waals surface area contributed by atoms with Crippen molar-refractivity contribution in [2.75, 3.05) is 0 Å². The van der Waals surface area contributed by atoms with E-state index in [1.807, 2.05) is 0 Å². The Bertz CT molecular complexity index is 619. The highest BCUT2D eigenvalue weighted by atomic mass is 35.5. The zero-order valence-electron chi connectivity index (χ0n) is 12.0. The molecule has 1 heterocycles. The summed E-state index contributed by atoms with van der Waals surface area (Å²) in [5, 5.41) is 9.53. The largest absolute Gasteiger partial charge is 0.251 e. The number of hydrogen-bond donors (Lipinski definition) is 1. The van der Waals surface area contributed by atoms with Gasteiger partial charge in [-0.25, -0.2) is 8.42 Å². The van der Waals surface area contributed by atoms with Crippen molar-refractivity contribution in [3.05, 3.63) is 16.0 Å². The molecule has 0 unspecified atom stereocenters. The van der Waals surface area contributed by atoms with E-state index < -0.39 is 15.6 Å². The second-order valence-electron chi connectivity index (χ2n) is 5.59. The Morgan fingerprint density at radius 1 is 1.29 bits per heavy atom. The number of nitrogens with one attached hydrogen (secondary N) is 1. The van der Waals surface area contributed by atoms with Gasteiger partial charge in [0.25, 0.3) is 10.0 Å².